The van der Waals surface area contributed by atoms with Crippen molar-refractivity contribution in [1.82, 2.24) is 5.32 Å². The molecule has 5 nitrogen and oxygen atoms in total. The molecule has 0 radical (unpaired) electrons. The van der Waals surface area contributed by atoms with E-state index < -0.39 is 6.10 Å². The number of aliphatic hydroxyl groups is 1. The van der Waals surface area contributed by atoms with Crippen molar-refractivity contribution in [1.29, 1.82) is 0 Å². The second-order valence-electron chi connectivity index (χ2n) is 6.58. The molecule has 2 aromatic carbocycles. The predicted molar refractivity (Wildman–Crippen MR) is 93.0 cm³/mol. The summed E-state index contributed by atoms with van der Waals surface area (Å²) in [5.74, 6) is -0.0632. The molecular weight excluding hydrogens is 318 g/mol. The molecule has 130 valence electrons. The fourth-order valence-corrected chi connectivity index (χ4v) is 3.49. The van der Waals surface area contributed by atoms with E-state index in [9.17, 15) is 9.90 Å². The Balaban J connectivity index is 1.35. The number of amides is 1. The SMILES string of the molecule is O=C(Cc1ccc(-c2ccccc2)cc1)NC1COC2C(O)COC12. The molecule has 2 aliphatic heterocycles. The molecule has 2 aliphatic rings. The molecule has 0 saturated carbocycles. The van der Waals surface area contributed by atoms with Crippen LogP contribution < -0.4 is 5.32 Å². The summed E-state index contributed by atoms with van der Waals surface area (Å²) in [4.78, 5) is 12.3. The Morgan fingerprint density at radius 1 is 0.960 bits per heavy atom. The lowest BCUT2D eigenvalue weighted by Crippen LogP contribution is -2.44. The van der Waals surface area contributed by atoms with Crippen LogP contribution in [0, 0.1) is 0 Å². The van der Waals surface area contributed by atoms with Crippen LogP contribution in [-0.4, -0.2) is 48.6 Å². The maximum Gasteiger partial charge on any atom is 0.224 e. The van der Waals surface area contributed by atoms with Crippen molar-refractivity contribution in [3.05, 3.63) is 60.2 Å². The number of ether oxygens (including phenoxy) is 2. The van der Waals surface area contributed by atoms with Gasteiger partial charge in [0, 0.05) is 0 Å². The van der Waals surface area contributed by atoms with Crippen molar-refractivity contribution in [3.63, 3.8) is 0 Å². The molecule has 25 heavy (non-hydrogen) atoms. The highest BCUT2D eigenvalue weighted by Crippen LogP contribution is 2.27. The molecule has 4 unspecified atom stereocenters. The standard InChI is InChI=1S/C20H21NO4/c22-17-12-25-19-16(11-24-20(17)19)21-18(23)10-13-6-8-15(9-7-13)14-4-2-1-3-5-14/h1-9,16-17,19-20,22H,10-12H2,(H,21,23). The highest BCUT2D eigenvalue weighted by Gasteiger charge is 2.47. The molecule has 0 aliphatic carbocycles. The van der Waals surface area contributed by atoms with E-state index in [0.717, 1.165) is 16.7 Å². The third kappa shape index (κ3) is 3.44. The fourth-order valence-electron chi connectivity index (χ4n) is 3.49. The van der Waals surface area contributed by atoms with Crippen LogP contribution in [0.4, 0.5) is 0 Å². The molecule has 0 spiro atoms. The lowest BCUT2D eigenvalue weighted by Gasteiger charge is -2.17. The van der Waals surface area contributed by atoms with Gasteiger partial charge in [-0.15, -0.1) is 0 Å². The molecule has 0 aromatic heterocycles. The third-order valence-electron chi connectivity index (χ3n) is 4.80. The first-order valence-electron chi connectivity index (χ1n) is 8.56. The maximum atomic E-state index is 12.3. The highest BCUT2D eigenvalue weighted by atomic mass is 16.6. The molecule has 5 heteroatoms. The average molecular weight is 339 g/mol. The molecule has 2 saturated heterocycles. The topological polar surface area (TPSA) is 67.8 Å². The first kappa shape index (κ1) is 16.3. The lowest BCUT2D eigenvalue weighted by atomic mass is 10.0. The van der Waals surface area contributed by atoms with Gasteiger partial charge in [-0.1, -0.05) is 54.6 Å². The van der Waals surface area contributed by atoms with Crippen LogP contribution in [0.3, 0.4) is 0 Å². The van der Waals surface area contributed by atoms with Crippen molar-refractivity contribution in [2.45, 2.75) is 30.8 Å². The highest BCUT2D eigenvalue weighted by molar-refractivity contribution is 5.79. The summed E-state index contributed by atoms with van der Waals surface area (Å²) in [6, 6.07) is 18.0. The average Bonchev–Trinajstić information content (AvgIpc) is 3.20. The number of hydrogen-bond donors (Lipinski definition) is 2. The minimum Gasteiger partial charge on any atom is -0.388 e. The zero-order valence-electron chi connectivity index (χ0n) is 13.8. The molecular formula is C20H21NO4. The zero-order chi connectivity index (χ0) is 17.2. The summed E-state index contributed by atoms with van der Waals surface area (Å²) in [5.41, 5.74) is 3.25. The van der Waals surface area contributed by atoms with Crippen LogP contribution in [0.1, 0.15) is 5.56 Å². The smallest absolute Gasteiger partial charge is 0.224 e. The van der Waals surface area contributed by atoms with E-state index >= 15 is 0 Å². The maximum absolute atomic E-state index is 12.3. The Morgan fingerprint density at radius 3 is 2.40 bits per heavy atom. The Labute approximate surface area is 146 Å². The van der Waals surface area contributed by atoms with Gasteiger partial charge in [0.1, 0.15) is 18.3 Å². The van der Waals surface area contributed by atoms with Crippen LogP contribution in [0.2, 0.25) is 0 Å². The first-order valence-corrected chi connectivity index (χ1v) is 8.56. The van der Waals surface area contributed by atoms with Gasteiger partial charge in [-0.25, -0.2) is 0 Å². The van der Waals surface area contributed by atoms with Crippen LogP contribution in [-0.2, 0) is 20.7 Å². The van der Waals surface area contributed by atoms with Crippen LogP contribution in [0.5, 0.6) is 0 Å². The summed E-state index contributed by atoms with van der Waals surface area (Å²) in [7, 11) is 0. The minimum atomic E-state index is -0.600. The number of fused-ring (bicyclic) bond motifs is 1. The largest absolute Gasteiger partial charge is 0.388 e. The quantitative estimate of drug-likeness (QED) is 0.887. The van der Waals surface area contributed by atoms with E-state index in [1.165, 1.54) is 0 Å². The molecule has 2 fully saturated rings. The van der Waals surface area contributed by atoms with Gasteiger partial charge in [0.15, 0.2) is 0 Å². The van der Waals surface area contributed by atoms with Crippen molar-refractivity contribution < 1.29 is 19.4 Å². The second kappa shape index (κ2) is 6.96. The van der Waals surface area contributed by atoms with Gasteiger partial charge in [-0.3, -0.25) is 4.79 Å². The van der Waals surface area contributed by atoms with Crippen molar-refractivity contribution in [2.24, 2.45) is 0 Å². The molecule has 4 rings (SSSR count). The number of aliphatic hydroxyl groups excluding tert-OH is 1. The Kier molecular flexibility index (Phi) is 4.53. The van der Waals surface area contributed by atoms with Crippen LogP contribution in [0.15, 0.2) is 54.6 Å². The molecule has 1 amide bonds. The molecule has 0 bridgehead atoms. The van der Waals surface area contributed by atoms with E-state index in [2.05, 4.69) is 17.4 Å². The molecule has 2 heterocycles. The summed E-state index contributed by atoms with van der Waals surface area (Å²) in [5, 5.41) is 12.7. The molecule has 2 N–H and O–H groups in total. The number of carbonyl (C=O) groups excluding carboxylic acids is 1. The summed E-state index contributed by atoms with van der Waals surface area (Å²) in [6.07, 6.45) is -0.863. The number of rotatable bonds is 4. The fraction of sp³-hybridized carbons (Fsp3) is 0.350. The zero-order valence-corrected chi connectivity index (χ0v) is 13.8. The Bertz CT molecular complexity index is 731. The Hall–Kier alpha value is -2.21. The first-order chi connectivity index (χ1) is 12.2. The van der Waals surface area contributed by atoms with Crippen molar-refractivity contribution in [3.8, 4) is 11.1 Å². The number of carbonyl (C=O) groups is 1. The van der Waals surface area contributed by atoms with E-state index in [1.54, 1.807) is 0 Å². The van der Waals surface area contributed by atoms with E-state index in [0.29, 0.717) is 13.0 Å². The van der Waals surface area contributed by atoms with Crippen LogP contribution >= 0.6 is 0 Å². The number of hydrogen-bond acceptors (Lipinski definition) is 4. The van der Waals surface area contributed by atoms with Gasteiger partial charge in [0.05, 0.1) is 25.7 Å². The summed E-state index contributed by atoms with van der Waals surface area (Å²) in [6.45, 7) is 0.647. The minimum absolute atomic E-state index is 0.0632. The van der Waals surface area contributed by atoms with Gasteiger partial charge >= 0.3 is 0 Å². The third-order valence-corrected chi connectivity index (χ3v) is 4.80. The van der Waals surface area contributed by atoms with Gasteiger partial charge in [0.2, 0.25) is 5.91 Å². The van der Waals surface area contributed by atoms with Gasteiger partial charge < -0.3 is 19.9 Å². The number of nitrogens with one attached hydrogen (secondary N) is 1. The molecule has 4 atom stereocenters. The number of benzene rings is 2. The van der Waals surface area contributed by atoms with Gasteiger partial charge in [-0.2, -0.15) is 0 Å². The van der Waals surface area contributed by atoms with Crippen LogP contribution in [0.25, 0.3) is 11.1 Å². The molecule has 2 aromatic rings. The normalized spacial score (nSPS) is 27.9. The van der Waals surface area contributed by atoms with Crippen molar-refractivity contribution >= 4 is 5.91 Å². The van der Waals surface area contributed by atoms with Crippen molar-refractivity contribution in [2.75, 3.05) is 13.2 Å². The monoisotopic (exact) mass is 339 g/mol. The van der Waals surface area contributed by atoms with Gasteiger partial charge in [-0.05, 0) is 16.7 Å². The lowest BCUT2D eigenvalue weighted by molar-refractivity contribution is -0.121. The predicted octanol–water partition coefficient (Wildman–Crippen LogP) is 1.54. The van der Waals surface area contributed by atoms with E-state index in [4.69, 9.17) is 9.47 Å². The summed E-state index contributed by atoms with van der Waals surface area (Å²) < 4.78 is 11.1. The van der Waals surface area contributed by atoms with Gasteiger partial charge in [0.25, 0.3) is 0 Å². The summed E-state index contributed by atoms with van der Waals surface area (Å²) >= 11 is 0. The second-order valence-corrected chi connectivity index (χ2v) is 6.58. The van der Waals surface area contributed by atoms with E-state index in [1.807, 2.05) is 42.5 Å². The Morgan fingerprint density at radius 2 is 1.64 bits per heavy atom. The van der Waals surface area contributed by atoms with E-state index in [-0.39, 0.29) is 30.8 Å².